The van der Waals surface area contributed by atoms with E-state index in [4.69, 9.17) is 0 Å². The summed E-state index contributed by atoms with van der Waals surface area (Å²) in [5.74, 6) is 0.684. The van der Waals surface area contributed by atoms with Gasteiger partial charge < -0.3 is 4.90 Å². The van der Waals surface area contributed by atoms with Crippen LogP contribution in [0.2, 0.25) is 0 Å². The fourth-order valence-corrected chi connectivity index (χ4v) is 5.63. The number of pyridine rings is 1. The molecule has 1 amide bonds. The number of aromatic nitrogens is 1. The molecule has 4 heterocycles. The molecule has 3 fully saturated rings. The molecule has 0 saturated carbocycles. The standard InChI is InChI=1S/C25H40N4O/c30-25(28-14-5-3-1-2-4-6-15-28)23-10-8-16-29(21-23)24-11-17-27(18-12-24)20-22-9-7-13-26-19-22/h7,9,13,19,23-24H,1-6,8,10-12,14-18,20-21H2/t23-/m1/s1. The number of hydrogen-bond donors (Lipinski definition) is 0. The Hall–Kier alpha value is -1.46. The van der Waals surface area contributed by atoms with Crippen molar-refractivity contribution in [3.8, 4) is 0 Å². The van der Waals surface area contributed by atoms with E-state index >= 15 is 0 Å². The first-order chi connectivity index (χ1) is 14.8. The van der Waals surface area contributed by atoms with Crippen LogP contribution >= 0.6 is 0 Å². The van der Waals surface area contributed by atoms with Gasteiger partial charge in [0, 0.05) is 44.6 Å². The summed E-state index contributed by atoms with van der Waals surface area (Å²) in [6.45, 7) is 7.46. The van der Waals surface area contributed by atoms with Crippen LogP contribution in [0, 0.1) is 5.92 Å². The third kappa shape index (κ3) is 6.04. The summed E-state index contributed by atoms with van der Waals surface area (Å²) in [6.07, 6.45) is 16.2. The zero-order valence-corrected chi connectivity index (χ0v) is 18.7. The number of likely N-dealkylation sites (tertiary alicyclic amines) is 2. The van der Waals surface area contributed by atoms with E-state index in [0.717, 1.165) is 45.7 Å². The van der Waals surface area contributed by atoms with Gasteiger partial charge in [0.05, 0.1) is 5.92 Å². The highest BCUT2D eigenvalue weighted by Crippen LogP contribution is 2.26. The van der Waals surface area contributed by atoms with Gasteiger partial charge in [0.15, 0.2) is 0 Å². The molecule has 0 unspecified atom stereocenters. The summed E-state index contributed by atoms with van der Waals surface area (Å²) in [4.78, 5) is 25.0. The normalized spacial score (nSPS) is 26.0. The van der Waals surface area contributed by atoms with Crippen LogP contribution in [-0.2, 0) is 11.3 Å². The van der Waals surface area contributed by atoms with E-state index in [1.54, 1.807) is 0 Å². The first-order valence-corrected chi connectivity index (χ1v) is 12.4. The second-order valence-corrected chi connectivity index (χ2v) is 9.65. The monoisotopic (exact) mass is 412 g/mol. The van der Waals surface area contributed by atoms with E-state index in [2.05, 4.69) is 25.8 Å². The molecular formula is C25H40N4O. The smallest absolute Gasteiger partial charge is 0.226 e. The number of carbonyl (C=O) groups excluding carboxylic acids is 1. The molecule has 0 aliphatic carbocycles. The second kappa shape index (κ2) is 11.2. The van der Waals surface area contributed by atoms with Gasteiger partial charge in [-0.25, -0.2) is 0 Å². The lowest BCUT2D eigenvalue weighted by atomic mass is 9.92. The Morgan fingerprint density at radius 3 is 2.33 bits per heavy atom. The summed E-state index contributed by atoms with van der Waals surface area (Å²) >= 11 is 0. The number of nitrogens with zero attached hydrogens (tertiary/aromatic N) is 4. The molecule has 30 heavy (non-hydrogen) atoms. The number of piperidine rings is 2. The molecule has 4 rings (SSSR count). The maximum Gasteiger partial charge on any atom is 0.226 e. The van der Waals surface area contributed by atoms with Crippen molar-refractivity contribution in [3.63, 3.8) is 0 Å². The number of rotatable bonds is 4. The van der Waals surface area contributed by atoms with Crippen LogP contribution in [0.25, 0.3) is 0 Å². The van der Waals surface area contributed by atoms with Crippen LogP contribution in [0.3, 0.4) is 0 Å². The van der Waals surface area contributed by atoms with Crippen molar-refractivity contribution in [2.75, 3.05) is 39.3 Å². The topological polar surface area (TPSA) is 39.7 Å². The Morgan fingerprint density at radius 1 is 0.900 bits per heavy atom. The fourth-order valence-electron chi connectivity index (χ4n) is 5.63. The van der Waals surface area contributed by atoms with Gasteiger partial charge in [-0.05, 0) is 69.8 Å². The van der Waals surface area contributed by atoms with Gasteiger partial charge in [0.2, 0.25) is 5.91 Å². The van der Waals surface area contributed by atoms with Gasteiger partial charge in [0.25, 0.3) is 0 Å². The Kier molecular flexibility index (Phi) is 8.15. The first-order valence-electron chi connectivity index (χ1n) is 12.4. The van der Waals surface area contributed by atoms with E-state index in [-0.39, 0.29) is 5.92 Å². The highest BCUT2D eigenvalue weighted by Gasteiger charge is 2.33. The van der Waals surface area contributed by atoms with Gasteiger partial charge in [0.1, 0.15) is 0 Å². The molecule has 3 saturated heterocycles. The SMILES string of the molecule is O=C([C@@H]1CCCN(C2CCN(Cc3cccnc3)CC2)C1)N1CCCCCCCC1. The Balaban J connectivity index is 1.26. The highest BCUT2D eigenvalue weighted by molar-refractivity contribution is 5.79. The largest absolute Gasteiger partial charge is 0.342 e. The average molecular weight is 413 g/mol. The third-order valence-corrected chi connectivity index (χ3v) is 7.42. The average Bonchev–Trinajstić information content (AvgIpc) is 2.94. The van der Waals surface area contributed by atoms with E-state index < -0.39 is 0 Å². The quantitative estimate of drug-likeness (QED) is 0.751. The van der Waals surface area contributed by atoms with Crippen molar-refractivity contribution in [2.45, 2.75) is 76.8 Å². The molecule has 1 atom stereocenters. The second-order valence-electron chi connectivity index (χ2n) is 9.65. The van der Waals surface area contributed by atoms with E-state index in [1.807, 2.05) is 18.5 Å². The minimum absolute atomic E-state index is 0.230. The van der Waals surface area contributed by atoms with Crippen LogP contribution < -0.4 is 0 Å². The maximum absolute atomic E-state index is 13.3. The molecule has 0 aromatic carbocycles. The minimum atomic E-state index is 0.230. The minimum Gasteiger partial charge on any atom is -0.342 e. The molecule has 5 heteroatoms. The summed E-state index contributed by atoms with van der Waals surface area (Å²) in [5.41, 5.74) is 1.31. The van der Waals surface area contributed by atoms with Crippen molar-refractivity contribution < 1.29 is 4.79 Å². The third-order valence-electron chi connectivity index (χ3n) is 7.42. The number of amides is 1. The molecule has 1 aromatic heterocycles. The number of hydrogen-bond acceptors (Lipinski definition) is 4. The lowest BCUT2D eigenvalue weighted by Crippen LogP contribution is -2.51. The molecule has 3 aliphatic heterocycles. The Bertz CT molecular complexity index is 634. The number of carbonyl (C=O) groups is 1. The van der Waals surface area contributed by atoms with Crippen LogP contribution in [0.5, 0.6) is 0 Å². The van der Waals surface area contributed by atoms with Gasteiger partial charge in [-0.3, -0.25) is 19.6 Å². The molecule has 0 bridgehead atoms. The summed E-state index contributed by atoms with van der Waals surface area (Å²) in [5, 5.41) is 0. The fraction of sp³-hybridized carbons (Fsp3) is 0.760. The molecule has 0 radical (unpaired) electrons. The zero-order chi connectivity index (χ0) is 20.6. The van der Waals surface area contributed by atoms with E-state index in [9.17, 15) is 4.79 Å². The van der Waals surface area contributed by atoms with Crippen LogP contribution in [0.1, 0.15) is 69.8 Å². The van der Waals surface area contributed by atoms with Crippen molar-refractivity contribution in [1.29, 1.82) is 0 Å². The van der Waals surface area contributed by atoms with Crippen molar-refractivity contribution >= 4 is 5.91 Å². The highest BCUT2D eigenvalue weighted by atomic mass is 16.2. The predicted molar refractivity (Wildman–Crippen MR) is 121 cm³/mol. The molecule has 5 nitrogen and oxygen atoms in total. The van der Waals surface area contributed by atoms with E-state index in [1.165, 1.54) is 69.9 Å². The van der Waals surface area contributed by atoms with Crippen LogP contribution in [0.15, 0.2) is 24.5 Å². The van der Waals surface area contributed by atoms with E-state index in [0.29, 0.717) is 11.9 Å². The van der Waals surface area contributed by atoms with Gasteiger partial charge >= 0.3 is 0 Å². The molecule has 0 spiro atoms. The summed E-state index contributed by atoms with van der Waals surface area (Å²) < 4.78 is 0. The van der Waals surface area contributed by atoms with Crippen molar-refractivity contribution in [2.24, 2.45) is 5.92 Å². The van der Waals surface area contributed by atoms with Gasteiger partial charge in [-0.2, -0.15) is 0 Å². The van der Waals surface area contributed by atoms with Gasteiger partial charge in [-0.15, -0.1) is 0 Å². The summed E-state index contributed by atoms with van der Waals surface area (Å²) in [7, 11) is 0. The summed E-state index contributed by atoms with van der Waals surface area (Å²) in [6, 6.07) is 4.86. The molecule has 166 valence electrons. The van der Waals surface area contributed by atoms with Crippen LogP contribution in [-0.4, -0.2) is 70.9 Å². The lowest BCUT2D eigenvalue weighted by molar-refractivity contribution is -0.138. The zero-order valence-electron chi connectivity index (χ0n) is 18.7. The van der Waals surface area contributed by atoms with Crippen molar-refractivity contribution in [3.05, 3.63) is 30.1 Å². The molecule has 0 N–H and O–H groups in total. The molecule has 3 aliphatic rings. The van der Waals surface area contributed by atoms with Crippen molar-refractivity contribution in [1.82, 2.24) is 19.7 Å². The maximum atomic E-state index is 13.3. The molecule has 1 aromatic rings. The Labute approximate surface area is 182 Å². The van der Waals surface area contributed by atoms with Crippen LogP contribution in [0.4, 0.5) is 0 Å². The first kappa shape index (κ1) is 21.8. The predicted octanol–water partition coefficient (Wildman–Crippen LogP) is 3.94. The lowest BCUT2D eigenvalue weighted by Gasteiger charge is -2.42. The Morgan fingerprint density at radius 2 is 1.63 bits per heavy atom. The van der Waals surface area contributed by atoms with Gasteiger partial charge in [-0.1, -0.05) is 31.7 Å². The molecular weight excluding hydrogens is 372 g/mol.